The summed E-state index contributed by atoms with van der Waals surface area (Å²) in [5, 5.41) is 1.77. The quantitative estimate of drug-likeness (QED) is 0.700. The van der Waals surface area contributed by atoms with Gasteiger partial charge in [-0.1, -0.05) is 34.1 Å². The van der Waals surface area contributed by atoms with Crippen LogP contribution in [0.15, 0.2) is 34.8 Å². The number of hydrogen-bond acceptors (Lipinski definition) is 2. The zero-order chi connectivity index (χ0) is 12.2. The summed E-state index contributed by atoms with van der Waals surface area (Å²) >= 11 is 3.45. The summed E-state index contributed by atoms with van der Waals surface area (Å²) in [7, 11) is 1.51. The maximum absolute atomic E-state index is 12.0. The molecule has 0 saturated heterocycles. The average molecular weight is 290 g/mol. The lowest BCUT2D eigenvalue weighted by Gasteiger charge is -2.04. The Morgan fingerprint density at radius 3 is 2.53 bits per heavy atom. The average Bonchev–Trinajstić information content (AvgIpc) is 2.55. The number of amides is 2. The Hall–Kier alpha value is -1.68. The van der Waals surface area contributed by atoms with Gasteiger partial charge in [-0.25, -0.2) is 0 Å². The minimum absolute atomic E-state index is 0.228. The van der Waals surface area contributed by atoms with Crippen molar-refractivity contribution in [3.8, 4) is 0 Å². The van der Waals surface area contributed by atoms with E-state index in [2.05, 4.69) is 15.9 Å². The number of benzene rings is 2. The molecule has 4 heteroatoms. The molecule has 1 heterocycles. The van der Waals surface area contributed by atoms with E-state index >= 15 is 0 Å². The van der Waals surface area contributed by atoms with Crippen molar-refractivity contribution < 1.29 is 9.59 Å². The highest BCUT2D eigenvalue weighted by molar-refractivity contribution is 9.10. The number of rotatable bonds is 0. The highest BCUT2D eigenvalue weighted by Crippen LogP contribution is 2.32. The van der Waals surface area contributed by atoms with Gasteiger partial charge >= 0.3 is 0 Å². The van der Waals surface area contributed by atoms with Crippen LogP contribution in [-0.4, -0.2) is 23.8 Å². The van der Waals surface area contributed by atoms with Crippen LogP contribution in [0.2, 0.25) is 0 Å². The number of fused-ring (bicyclic) bond motifs is 3. The molecule has 0 saturated carbocycles. The lowest BCUT2D eigenvalue weighted by molar-refractivity contribution is 0.0693. The molecule has 2 amide bonds. The molecule has 0 radical (unpaired) electrons. The van der Waals surface area contributed by atoms with Gasteiger partial charge in [0.05, 0.1) is 11.1 Å². The van der Waals surface area contributed by atoms with Gasteiger partial charge in [0, 0.05) is 11.5 Å². The summed E-state index contributed by atoms with van der Waals surface area (Å²) in [5.41, 5.74) is 0.999. The van der Waals surface area contributed by atoms with E-state index in [1.54, 1.807) is 6.07 Å². The molecular weight excluding hydrogens is 282 g/mol. The fourth-order valence-corrected chi connectivity index (χ4v) is 2.67. The largest absolute Gasteiger partial charge is 0.277 e. The first kappa shape index (κ1) is 10.5. The first-order chi connectivity index (χ1) is 8.11. The Labute approximate surface area is 106 Å². The van der Waals surface area contributed by atoms with Gasteiger partial charge in [-0.3, -0.25) is 14.5 Å². The molecular formula is C13H8BrNO2. The molecule has 0 spiro atoms. The second-order valence-corrected chi connectivity index (χ2v) is 4.85. The molecule has 0 aromatic heterocycles. The molecule has 0 N–H and O–H groups in total. The molecule has 1 aliphatic heterocycles. The van der Waals surface area contributed by atoms with E-state index in [1.165, 1.54) is 7.05 Å². The minimum Gasteiger partial charge on any atom is -0.277 e. The molecule has 2 aromatic carbocycles. The Kier molecular flexibility index (Phi) is 2.10. The van der Waals surface area contributed by atoms with Gasteiger partial charge in [-0.05, 0) is 22.9 Å². The third kappa shape index (κ3) is 1.27. The van der Waals surface area contributed by atoms with E-state index < -0.39 is 0 Å². The highest BCUT2D eigenvalue weighted by Gasteiger charge is 2.34. The van der Waals surface area contributed by atoms with Crippen molar-refractivity contribution >= 4 is 38.5 Å². The summed E-state index contributed by atoms with van der Waals surface area (Å²) in [6.07, 6.45) is 0. The lowest BCUT2D eigenvalue weighted by Crippen LogP contribution is -2.24. The maximum atomic E-state index is 12.0. The number of carbonyl (C=O) groups excluding carboxylic acids is 2. The molecule has 0 unspecified atom stereocenters. The molecule has 0 aliphatic carbocycles. The van der Waals surface area contributed by atoms with Crippen LogP contribution in [0.3, 0.4) is 0 Å². The third-order valence-corrected chi connectivity index (χ3v) is 3.75. The van der Waals surface area contributed by atoms with Crippen molar-refractivity contribution in [2.24, 2.45) is 0 Å². The SMILES string of the molecule is CN1C(=O)c2ccc3c(Br)cccc3c2C1=O. The molecule has 3 nitrogen and oxygen atoms in total. The molecule has 84 valence electrons. The summed E-state index contributed by atoms with van der Waals surface area (Å²) in [5.74, 6) is -0.458. The van der Waals surface area contributed by atoms with Crippen LogP contribution in [0.25, 0.3) is 10.8 Å². The Morgan fingerprint density at radius 1 is 1.00 bits per heavy atom. The summed E-state index contributed by atoms with van der Waals surface area (Å²) < 4.78 is 0.924. The predicted octanol–water partition coefficient (Wildman–Crippen LogP) is 2.83. The van der Waals surface area contributed by atoms with Gasteiger partial charge in [0.2, 0.25) is 0 Å². The Morgan fingerprint density at radius 2 is 1.76 bits per heavy atom. The van der Waals surface area contributed by atoms with Crippen LogP contribution in [0.4, 0.5) is 0 Å². The van der Waals surface area contributed by atoms with E-state index in [0.717, 1.165) is 20.1 Å². The second-order valence-electron chi connectivity index (χ2n) is 3.99. The van der Waals surface area contributed by atoms with E-state index in [9.17, 15) is 9.59 Å². The van der Waals surface area contributed by atoms with E-state index in [0.29, 0.717) is 11.1 Å². The number of halogens is 1. The fraction of sp³-hybridized carbons (Fsp3) is 0.0769. The zero-order valence-corrected chi connectivity index (χ0v) is 10.6. The van der Waals surface area contributed by atoms with Gasteiger partial charge in [0.1, 0.15) is 0 Å². The number of hydrogen-bond donors (Lipinski definition) is 0. The normalized spacial score (nSPS) is 14.6. The minimum atomic E-state index is -0.230. The van der Waals surface area contributed by atoms with Crippen LogP contribution < -0.4 is 0 Å². The van der Waals surface area contributed by atoms with Crippen molar-refractivity contribution in [2.45, 2.75) is 0 Å². The van der Waals surface area contributed by atoms with Crippen molar-refractivity contribution in [2.75, 3.05) is 7.05 Å². The number of carbonyl (C=O) groups is 2. The highest BCUT2D eigenvalue weighted by atomic mass is 79.9. The first-order valence-electron chi connectivity index (χ1n) is 5.15. The predicted molar refractivity (Wildman–Crippen MR) is 68.1 cm³/mol. The molecule has 3 rings (SSSR count). The van der Waals surface area contributed by atoms with Gasteiger partial charge in [0.25, 0.3) is 11.8 Å². The van der Waals surface area contributed by atoms with Crippen molar-refractivity contribution in [1.29, 1.82) is 0 Å². The number of nitrogens with zero attached hydrogens (tertiary/aromatic N) is 1. The topological polar surface area (TPSA) is 37.4 Å². The van der Waals surface area contributed by atoms with Gasteiger partial charge in [-0.15, -0.1) is 0 Å². The molecule has 0 bridgehead atoms. The van der Waals surface area contributed by atoms with Crippen LogP contribution in [-0.2, 0) is 0 Å². The van der Waals surface area contributed by atoms with Gasteiger partial charge < -0.3 is 0 Å². The van der Waals surface area contributed by atoms with E-state index in [4.69, 9.17) is 0 Å². The standard InChI is InChI=1S/C13H8BrNO2/c1-15-12(16)9-6-5-7-8(11(9)13(15)17)3-2-4-10(7)14/h2-6H,1H3. The Bertz CT molecular complexity index is 678. The van der Waals surface area contributed by atoms with Crippen molar-refractivity contribution in [1.82, 2.24) is 4.90 Å². The van der Waals surface area contributed by atoms with Gasteiger partial charge in [0.15, 0.2) is 0 Å². The first-order valence-corrected chi connectivity index (χ1v) is 5.94. The summed E-state index contributed by atoms with van der Waals surface area (Å²) in [6.45, 7) is 0. The molecule has 17 heavy (non-hydrogen) atoms. The molecule has 0 atom stereocenters. The van der Waals surface area contributed by atoms with Gasteiger partial charge in [-0.2, -0.15) is 0 Å². The third-order valence-electron chi connectivity index (χ3n) is 3.06. The Balaban J connectivity index is 2.47. The van der Waals surface area contributed by atoms with E-state index in [1.807, 2.05) is 24.3 Å². The smallest absolute Gasteiger partial charge is 0.261 e. The van der Waals surface area contributed by atoms with Crippen LogP contribution in [0.5, 0.6) is 0 Å². The monoisotopic (exact) mass is 289 g/mol. The van der Waals surface area contributed by atoms with E-state index in [-0.39, 0.29) is 11.8 Å². The van der Waals surface area contributed by atoms with Crippen LogP contribution in [0, 0.1) is 0 Å². The van der Waals surface area contributed by atoms with Crippen molar-refractivity contribution in [3.05, 3.63) is 45.9 Å². The fourth-order valence-electron chi connectivity index (χ4n) is 2.17. The van der Waals surface area contributed by atoms with Crippen LogP contribution >= 0.6 is 15.9 Å². The summed E-state index contributed by atoms with van der Waals surface area (Å²) in [6, 6.07) is 9.22. The number of imide groups is 1. The van der Waals surface area contributed by atoms with Crippen LogP contribution in [0.1, 0.15) is 20.7 Å². The zero-order valence-electron chi connectivity index (χ0n) is 9.03. The van der Waals surface area contributed by atoms with Crippen molar-refractivity contribution in [3.63, 3.8) is 0 Å². The molecule has 1 aliphatic rings. The molecule has 2 aromatic rings. The maximum Gasteiger partial charge on any atom is 0.261 e. The molecule has 0 fully saturated rings. The summed E-state index contributed by atoms with van der Waals surface area (Å²) in [4.78, 5) is 25.0. The second kappa shape index (κ2) is 3.40. The lowest BCUT2D eigenvalue weighted by atomic mass is 10.0.